The van der Waals surface area contributed by atoms with Gasteiger partial charge in [0.1, 0.15) is 0 Å². The van der Waals surface area contributed by atoms with Crippen molar-refractivity contribution in [2.75, 3.05) is 13.2 Å². The third kappa shape index (κ3) is 4.11. The zero-order valence-corrected chi connectivity index (χ0v) is 11.7. The minimum absolute atomic E-state index is 0.321. The summed E-state index contributed by atoms with van der Waals surface area (Å²) in [5.41, 5.74) is 4.15. The number of aliphatic hydroxyl groups is 1. The maximum absolute atomic E-state index is 8.88. The van der Waals surface area contributed by atoms with Crippen molar-refractivity contribution >= 4 is 0 Å². The Morgan fingerprint density at radius 3 is 2.33 bits per heavy atom. The van der Waals surface area contributed by atoms with Gasteiger partial charge >= 0.3 is 0 Å². The molecule has 0 amide bonds. The highest BCUT2D eigenvalue weighted by molar-refractivity contribution is 5.28. The van der Waals surface area contributed by atoms with Gasteiger partial charge in [-0.1, -0.05) is 29.3 Å². The summed E-state index contributed by atoms with van der Waals surface area (Å²) < 4.78 is 0. The molecular weight excluding hydrogens is 222 g/mol. The van der Waals surface area contributed by atoms with Gasteiger partial charge in [0.2, 0.25) is 0 Å². The molecule has 18 heavy (non-hydrogen) atoms. The van der Waals surface area contributed by atoms with Gasteiger partial charge in [0, 0.05) is 19.2 Å². The van der Waals surface area contributed by atoms with Crippen molar-refractivity contribution in [2.24, 2.45) is 0 Å². The number of nitrogens with zero attached hydrogens (tertiary/aromatic N) is 1. The zero-order chi connectivity index (χ0) is 13.0. The van der Waals surface area contributed by atoms with Crippen LogP contribution in [0.2, 0.25) is 0 Å². The molecule has 1 fully saturated rings. The van der Waals surface area contributed by atoms with Crippen LogP contribution in [0.5, 0.6) is 0 Å². The molecule has 0 saturated heterocycles. The van der Waals surface area contributed by atoms with E-state index in [1.807, 2.05) is 0 Å². The SMILES string of the molecule is Cc1cc(C)cc(CN(CCCCO)C2CC2)c1. The van der Waals surface area contributed by atoms with Crippen LogP contribution in [-0.4, -0.2) is 29.2 Å². The van der Waals surface area contributed by atoms with E-state index in [0.717, 1.165) is 32.0 Å². The van der Waals surface area contributed by atoms with E-state index in [-0.39, 0.29) is 0 Å². The van der Waals surface area contributed by atoms with Gasteiger partial charge in [-0.05, 0) is 51.6 Å². The average molecular weight is 247 g/mol. The Morgan fingerprint density at radius 1 is 1.11 bits per heavy atom. The van der Waals surface area contributed by atoms with Crippen LogP contribution in [0.4, 0.5) is 0 Å². The van der Waals surface area contributed by atoms with Crippen molar-refractivity contribution < 1.29 is 5.11 Å². The van der Waals surface area contributed by atoms with E-state index in [9.17, 15) is 0 Å². The molecule has 0 radical (unpaired) electrons. The lowest BCUT2D eigenvalue weighted by Gasteiger charge is -2.22. The Labute approximate surface area is 111 Å². The first-order valence-corrected chi connectivity index (χ1v) is 7.11. The number of aryl methyl sites for hydroxylation is 2. The second kappa shape index (κ2) is 6.35. The van der Waals surface area contributed by atoms with E-state index in [0.29, 0.717) is 6.61 Å². The molecule has 1 aliphatic rings. The summed E-state index contributed by atoms with van der Waals surface area (Å²) in [5.74, 6) is 0. The van der Waals surface area contributed by atoms with Crippen LogP contribution in [0.1, 0.15) is 42.4 Å². The van der Waals surface area contributed by atoms with Gasteiger partial charge in [0.05, 0.1) is 0 Å². The predicted octanol–water partition coefficient (Wildman–Crippen LogP) is 3.04. The standard InChI is InChI=1S/C16H25NO/c1-13-9-14(2)11-15(10-13)12-17(16-5-6-16)7-3-4-8-18/h9-11,16,18H,3-8,12H2,1-2H3. The van der Waals surface area contributed by atoms with E-state index in [1.54, 1.807) is 0 Å². The smallest absolute Gasteiger partial charge is 0.0431 e. The van der Waals surface area contributed by atoms with Gasteiger partial charge in [-0.25, -0.2) is 0 Å². The summed E-state index contributed by atoms with van der Waals surface area (Å²) >= 11 is 0. The Kier molecular flexibility index (Phi) is 4.79. The molecule has 100 valence electrons. The minimum Gasteiger partial charge on any atom is -0.396 e. The van der Waals surface area contributed by atoms with Gasteiger partial charge < -0.3 is 5.11 Å². The fourth-order valence-corrected chi connectivity index (χ4v) is 2.65. The van der Waals surface area contributed by atoms with Crippen LogP contribution in [0, 0.1) is 13.8 Å². The van der Waals surface area contributed by atoms with E-state index in [4.69, 9.17) is 5.11 Å². The summed E-state index contributed by atoms with van der Waals surface area (Å²) in [4.78, 5) is 2.59. The van der Waals surface area contributed by atoms with Gasteiger partial charge in [-0.15, -0.1) is 0 Å². The topological polar surface area (TPSA) is 23.5 Å². The lowest BCUT2D eigenvalue weighted by atomic mass is 10.1. The molecule has 0 spiro atoms. The Balaban J connectivity index is 1.94. The number of unbranched alkanes of at least 4 members (excludes halogenated alkanes) is 1. The normalized spacial score (nSPS) is 15.3. The summed E-state index contributed by atoms with van der Waals surface area (Å²) in [6.07, 6.45) is 4.74. The number of rotatable bonds is 7. The summed E-state index contributed by atoms with van der Waals surface area (Å²) in [6, 6.07) is 7.63. The van der Waals surface area contributed by atoms with Gasteiger partial charge in [0.15, 0.2) is 0 Å². The molecule has 1 aromatic rings. The Morgan fingerprint density at radius 2 is 1.78 bits per heavy atom. The van der Waals surface area contributed by atoms with Crippen LogP contribution in [0.25, 0.3) is 0 Å². The van der Waals surface area contributed by atoms with Crippen LogP contribution in [0.15, 0.2) is 18.2 Å². The molecule has 1 aliphatic carbocycles. The maximum atomic E-state index is 8.88. The first kappa shape index (κ1) is 13.6. The van der Waals surface area contributed by atoms with Crippen LogP contribution in [-0.2, 0) is 6.54 Å². The number of hydrogen-bond acceptors (Lipinski definition) is 2. The molecule has 0 bridgehead atoms. The molecule has 0 aromatic heterocycles. The molecular formula is C16H25NO. The quantitative estimate of drug-likeness (QED) is 0.749. The van der Waals surface area contributed by atoms with Gasteiger partial charge in [-0.2, -0.15) is 0 Å². The molecule has 1 aromatic carbocycles. The molecule has 0 heterocycles. The average Bonchev–Trinajstić information content (AvgIpc) is 3.10. The van der Waals surface area contributed by atoms with Crippen LogP contribution in [0.3, 0.4) is 0 Å². The van der Waals surface area contributed by atoms with E-state index in [2.05, 4.69) is 36.9 Å². The molecule has 1 N–H and O–H groups in total. The highest BCUT2D eigenvalue weighted by atomic mass is 16.2. The Bertz CT molecular complexity index is 364. The zero-order valence-electron chi connectivity index (χ0n) is 11.7. The van der Waals surface area contributed by atoms with Crippen molar-refractivity contribution in [3.63, 3.8) is 0 Å². The first-order chi connectivity index (χ1) is 8.69. The summed E-state index contributed by atoms with van der Waals surface area (Å²) in [5, 5.41) is 8.88. The second-order valence-electron chi connectivity index (χ2n) is 5.63. The van der Waals surface area contributed by atoms with Crippen molar-refractivity contribution in [1.82, 2.24) is 4.90 Å². The highest BCUT2D eigenvalue weighted by Gasteiger charge is 2.28. The van der Waals surface area contributed by atoms with E-state index in [1.165, 1.54) is 29.5 Å². The molecule has 0 unspecified atom stereocenters. The lowest BCUT2D eigenvalue weighted by molar-refractivity contribution is 0.229. The van der Waals surface area contributed by atoms with Crippen molar-refractivity contribution in [3.8, 4) is 0 Å². The third-order valence-electron chi connectivity index (χ3n) is 3.58. The Hall–Kier alpha value is -0.860. The molecule has 2 rings (SSSR count). The fraction of sp³-hybridized carbons (Fsp3) is 0.625. The molecule has 1 saturated carbocycles. The fourth-order valence-electron chi connectivity index (χ4n) is 2.65. The van der Waals surface area contributed by atoms with Crippen molar-refractivity contribution in [1.29, 1.82) is 0 Å². The largest absolute Gasteiger partial charge is 0.396 e. The highest BCUT2D eigenvalue weighted by Crippen LogP contribution is 2.28. The number of benzene rings is 1. The maximum Gasteiger partial charge on any atom is 0.0431 e. The number of aliphatic hydroxyl groups excluding tert-OH is 1. The number of hydrogen-bond donors (Lipinski definition) is 1. The van der Waals surface area contributed by atoms with Gasteiger partial charge in [-0.3, -0.25) is 4.90 Å². The first-order valence-electron chi connectivity index (χ1n) is 7.11. The minimum atomic E-state index is 0.321. The molecule has 2 heteroatoms. The van der Waals surface area contributed by atoms with E-state index < -0.39 is 0 Å². The molecule has 0 aliphatic heterocycles. The van der Waals surface area contributed by atoms with Crippen LogP contribution >= 0.6 is 0 Å². The second-order valence-corrected chi connectivity index (χ2v) is 5.63. The monoisotopic (exact) mass is 247 g/mol. The summed E-state index contributed by atoms with van der Waals surface area (Å²) in [6.45, 7) is 6.85. The molecule has 0 atom stereocenters. The third-order valence-corrected chi connectivity index (χ3v) is 3.58. The summed E-state index contributed by atoms with van der Waals surface area (Å²) in [7, 11) is 0. The van der Waals surface area contributed by atoms with Crippen molar-refractivity contribution in [2.45, 2.75) is 52.1 Å². The van der Waals surface area contributed by atoms with Crippen molar-refractivity contribution in [3.05, 3.63) is 34.9 Å². The van der Waals surface area contributed by atoms with E-state index >= 15 is 0 Å². The lowest BCUT2D eigenvalue weighted by Crippen LogP contribution is -2.27. The molecule has 2 nitrogen and oxygen atoms in total. The van der Waals surface area contributed by atoms with Gasteiger partial charge in [0.25, 0.3) is 0 Å². The predicted molar refractivity (Wildman–Crippen MR) is 75.7 cm³/mol. The van der Waals surface area contributed by atoms with Crippen LogP contribution < -0.4 is 0 Å².